The number of hydrogen-bond donors (Lipinski definition) is 2. The minimum atomic E-state index is -0.411. The number of nitrogens with zero attached hydrogens (tertiary/aromatic N) is 1. The number of carbonyl (C=O) groups is 1. The average Bonchev–Trinajstić information content (AvgIpc) is 2.71. The van der Waals surface area contributed by atoms with Crippen LogP contribution in [-0.2, 0) is 9.47 Å². The molecule has 0 aliphatic heterocycles. The molecule has 152 valence electrons. The fourth-order valence-electron chi connectivity index (χ4n) is 2.34. The van der Waals surface area contributed by atoms with E-state index in [9.17, 15) is 4.79 Å². The molecular weight excluding hydrogens is 366 g/mol. The summed E-state index contributed by atoms with van der Waals surface area (Å²) >= 11 is 0. The second-order valence-corrected chi connectivity index (χ2v) is 5.57. The highest BCUT2D eigenvalue weighted by atomic mass is 16.5. The minimum absolute atomic E-state index is 0.274. The Morgan fingerprint density at radius 1 is 1.04 bits per heavy atom. The summed E-state index contributed by atoms with van der Waals surface area (Å²) in [5, 5.41) is 2.76. The summed E-state index contributed by atoms with van der Waals surface area (Å²) in [4.78, 5) is 16.7. The number of rotatable bonds is 11. The average molecular weight is 391 g/mol. The molecule has 3 N–H and O–H groups in total. The lowest BCUT2D eigenvalue weighted by Gasteiger charge is -2.15. The van der Waals surface area contributed by atoms with Gasteiger partial charge in [0.1, 0.15) is 23.9 Å². The molecule has 2 rings (SSSR count). The number of anilines is 2. The Kier molecular flexibility index (Phi) is 8.32. The number of nitrogen functional groups attached to an aromatic ring is 1. The third-order valence-corrected chi connectivity index (χ3v) is 3.74. The third-order valence-electron chi connectivity index (χ3n) is 3.74. The van der Waals surface area contributed by atoms with Gasteiger partial charge in [0.25, 0.3) is 5.91 Å². The van der Waals surface area contributed by atoms with Crippen LogP contribution < -0.4 is 25.3 Å². The Hall–Kier alpha value is -3.04. The Balaban J connectivity index is 2.08. The van der Waals surface area contributed by atoms with Crippen LogP contribution in [0.4, 0.5) is 11.4 Å². The van der Waals surface area contributed by atoms with E-state index in [1.807, 2.05) is 0 Å². The largest absolute Gasteiger partial charge is 0.494 e. The van der Waals surface area contributed by atoms with Crippen molar-refractivity contribution in [3.05, 3.63) is 36.2 Å². The van der Waals surface area contributed by atoms with Gasteiger partial charge in [-0.15, -0.1) is 0 Å². The molecule has 28 heavy (non-hydrogen) atoms. The van der Waals surface area contributed by atoms with Crippen LogP contribution in [0.15, 0.2) is 30.6 Å². The lowest BCUT2D eigenvalue weighted by Crippen LogP contribution is -2.16. The topological polar surface area (TPSA) is 114 Å². The van der Waals surface area contributed by atoms with Gasteiger partial charge in [-0.3, -0.25) is 9.78 Å². The van der Waals surface area contributed by atoms with Crippen LogP contribution in [0.2, 0.25) is 0 Å². The van der Waals surface area contributed by atoms with Crippen molar-refractivity contribution in [1.29, 1.82) is 0 Å². The van der Waals surface area contributed by atoms with Crippen molar-refractivity contribution in [2.24, 2.45) is 0 Å². The first-order chi connectivity index (χ1) is 13.6. The molecule has 0 aliphatic carbocycles. The maximum Gasteiger partial charge on any atom is 0.261 e. The van der Waals surface area contributed by atoms with Crippen molar-refractivity contribution < 1.29 is 28.5 Å². The Morgan fingerprint density at radius 3 is 2.50 bits per heavy atom. The molecular formula is C19H25N3O6. The van der Waals surface area contributed by atoms with Gasteiger partial charge in [0.05, 0.1) is 51.0 Å². The molecule has 9 heteroatoms. The molecule has 1 aromatic carbocycles. The first kappa shape index (κ1) is 21.3. The van der Waals surface area contributed by atoms with E-state index in [4.69, 9.17) is 29.4 Å². The molecule has 0 saturated carbocycles. The van der Waals surface area contributed by atoms with Crippen LogP contribution in [0.3, 0.4) is 0 Å². The van der Waals surface area contributed by atoms with E-state index in [-0.39, 0.29) is 12.2 Å². The van der Waals surface area contributed by atoms with Crippen LogP contribution in [-0.4, -0.2) is 58.6 Å². The zero-order chi connectivity index (χ0) is 20.4. The molecule has 1 heterocycles. The van der Waals surface area contributed by atoms with Gasteiger partial charge in [-0.25, -0.2) is 0 Å². The number of benzene rings is 1. The molecule has 0 saturated heterocycles. The molecule has 0 bridgehead atoms. The molecule has 0 unspecified atom stereocenters. The quantitative estimate of drug-likeness (QED) is 0.441. The molecule has 2 aromatic rings. The van der Waals surface area contributed by atoms with Crippen molar-refractivity contribution in [3.63, 3.8) is 0 Å². The van der Waals surface area contributed by atoms with Gasteiger partial charge >= 0.3 is 0 Å². The summed E-state index contributed by atoms with van der Waals surface area (Å²) in [7, 11) is 4.59. The molecule has 1 amide bonds. The fraction of sp³-hybridized carbons (Fsp3) is 0.368. The van der Waals surface area contributed by atoms with Gasteiger partial charge in [0.15, 0.2) is 0 Å². The second-order valence-electron chi connectivity index (χ2n) is 5.57. The molecule has 0 radical (unpaired) electrons. The normalized spacial score (nSPS) is 10.4. The Bertz CT molecular complexity index is 784. The van der Waals surface area contributed by atoms with Gasteiger partial charge in [0, 0.05) is 25.6 Å². The van der Waals surface area contributed by atoms with Crippen molar-refractivity contribution >= 4 is 17.3 Å². The number of nitrogens with one attached hydrogen (secondary N) is 1. The molecule has 0 fully saturated rings. The lowest BCUT2D eigenvalue weighted by atomic mass is 10.2. The summed E-state index contributed by atoms with van der Waals surface area (Å²) < 4.78 is 26.4. The predicted octanol–water partition coefficient (Wildman–Crippen LogP) is 1.98. The SMILES string of the molecule is COCCOCCOc1ccncc1C(=O)Nc1cc(N)c(OC)cc1OC. The highest BCUT2D eigenvalue weighted by Gasteiger charge is 2.17. The highest BCUT2D eigenvalue weighted by molar-refractivity contribution is 6.07. The van der Waals surface area contributed by atoms with Crippen LogP contribution >= 0.6 is 0 Å². The maximum atomic E-state index is 12.7. The van der Waals surface area contributed by atoms with Crippen molar-refractivity contribution in [3.8, 4) is 17.2 Å². The first-order valence-electron chi connectivity index (χ1n) is 8.57. The second kappa shape index (κ2) is 11.0. The predicted molar refractivity (Wildman–Crippen MR) is 104 cm³/mol. The van der Waals surface area contributed by atoms with Gasteiger partial charge < -0.3 is 34.7 Å². The summed E-state index contributed by atoms with van der Waals surface area (Å²) in [6, 6.07) is 4.78. The monoisotopic (exact) mass is 391 g/mol. The van der Waals surface area contributed by atoms with Gasteiger partial charge in [-0.05, 0) is 12.1 Å². The van der Waals surface area contributed by atoms with Gasteiger partial charge in [-0.2, -0.15) is 0 Å². The number of ether oxygens (including phenoxy) is 5. The van der Waals surface area contributed by atoms with Crippen LogP contribution in [0.1, 0.15) is 10.4 Å². The summed E-state index contributed by atoms with van der Waals surface area (Å²) in [6.07, 6.45) is 2.97. The highest BCUT2D eigenvalue weighted by Crippen LogP contribution is 2.35. The fourth-order valence-corrected chi connectivity index (χ4v) is 2.34. The van der Waals surface area contributed by atoms with E-state index >= 15 is 0 Å². The van der Waals surface area contributed by atoms with E-state index in [0.29, 0.717) is 48.4 Å². The number of nitrogens with two attached hydrogens (primary N) is 1. The van der Waals surface area contributed by atoms with E-state index < -0.39 is 5.91 Å². The van der Waals surface area contributed by atoms with E-state index in [2.05, 4.69) is 10.3 Å². The number of methoxy groups -OCH3 is 3. The van der Waals surface area contributed by atoms with Crippen molar-refractivity contribution in [2.45, 2.75) is 0 Å². The van der Waals surface area contributed by atoms with E-state index in [1.54, 1.807) is 31.5 Å². The number of aromatic nitrogens is 1. The maximum absolute atomic E-state index is 12.7. The zero-order valence-corrected chi connectivity index (χ0v) is 16.2. The zero-order valence-electron chi connectivity index (χ0n) is 16.2. The number of hydrogen-bond acceptors (Lipinski definition) is 8. The minimum Gasteiger partial charge on any atom is -0.494 e. The van der Waals surface area contributed by atoms with Gasteiger partial charge in [0.2, 0.25) is 0 Å². The van der Waals surface area contributed by atoms with Crippen LogP contribution in [0.5, 0.6) is 17.2 Å². The molecule has 0 aliphatic rings. The van der Waals surface area contributed by atoms with Crippen LogP contribution in [0, 0.1) is 0 Å². The number of pyridine rings is 1. The van der Waals surface area contributed by atoms with Gasteiger partial charge in [-0.1, -0.05) is 0 Å². The Morgan fingerprint density at radius 2 is 1.79 bits per heavy atom. The Labute approximate surface area is 163 Å². The summed E-state index contributed by atoms with van der Waals surface area (Å²) in [6.45, 7) is 1.64. The molecule has 1 aromatic heterocycles. The first-order valence-corrected chi connectivity index (χ1v) is 8.57. The number of amides is 1. The van der Waals surface area contributed by atoms with Crippen LogP contribution in [0.25, 0.3) is 0 Å². The van der Waals surface area contributed by atoms with E-state index in [0.717, 1.165) is 0 Å². The van der Waals surface area contributed by atoms with Crippen molar-refractivity contribution in [2.75, 3.05) is 58.8 Å². The molecule has 9 nitrogen and oxygen atoms in total. The smallest absolute Gasteiger partial charge is 0.261 e. The van der Waals surface area contributed by atoms with E-state index in [1.165, 1.54) is 20.4 Å². The van der Waals surface area contributed by atoms with Crippen molar-refractivity contribution in [1.82, 2.24) is 4.98 Å². The molecule has 0 atom stereocenters. The standard InChI is InChI=1S/C19H25N3O6/c1-24-6-7-27-8-9-28-16-4-5-21-12-13(16)19(23)22-15-10-14(20)17(25-2)11-18(15)26-3/h4-5,10-12H,6-9,20H2,1-3H3,(H,22,23). The number of carbonyl (C=O) groups excluding carboxylic acids is 1. The third kappa shape index (κ3) is 5.73. The summed E-state index contributed by atoms with van der Waals surface area (Å²) in [5.74, 6) is 0.848. The lowest BCUT2D eigenvalue weighted by molar-refractivity contribution is 0.0542. The molecule has 0 spiro atoms. The summed E-state index contributed by atoms with van der Waals surface area (Å²) in [5.41, 5.74) is 6.97.